The summed E-state index contributed by atoms with van der Waals surface area (Å²) < 4.78 is 4.59. The Morgan fingerprint density at radius 2 is 1.44 bits per heavy atom. The summed E-state index contributed by atoms with van der Waals surface area (Å²) in [5, 5.41) is 24.3. The van der Waals surface area contributed by atoms with Gasteiger partial charge >= 0.3 is 5.97 Å². The molecule has 0 rings (SSSR count). The van der Waals surface area contributed by atoms with Gasteiger partial charge in [-0.1, -0.05) is 13.8 Å². The van der Waals surface area contributed by atoms with Gasteiger partial charge in [-0.3, -0.25) is 0 Å². The van der Waals surface area contributed by atoms with E-state index in [4.69, 9.17) is 20.1 Å². The molecule has 5 nitrogen and oxygen atoms in total. The van der Waals surface area contributed by atoms with Crippen LogP contribution < -0.4 is 0 Å². The van der Waals surface area contributed by atoms with Gasteiger partial charge in [-0.15, -0.1) is 0 Å². The first-order chi connectivity index (χ1) is 7.99. The molecular formula is C12H27O5Y+. The molecule has 0 atom stereocenters. The summed E-state index contributed by atoms with van der Waals surface area (Å²) in [7, 11) is 0. The van der Waals surface area contributed by atoms with Gasteiger partial charge in [0.2, 0.25) is 0 Å². The minimum atomic E-state index is -0.252. The average molecular weight is 340 g/mol. The summed E-state index contributed by atoms with van der Waals surface area (Å²) in [6.45, 7) is 8.10. The van der Waals surface area contributed by atoms with Crippen LogP contribution in [0.25, 0.3) is 0 Å². The second kappa shape index (κ2) is 25.8. The van der Waals surface area contributed by atoms with Gasteiger partial charge in [0.1, 0.15) is 11.8 Å². The molecule has 0 aromatic rings. The molecule has 0 saturated carbocycles. The Hall–Kier alpha value is 0.0339. The third kappa shape index (κ3) is 44.4. The molecule has 0 unspecified atom stereocenters. The van der Waals surface area contributed by atoms with Gasteiger partial charge in [0.15, 0.2) is 6.61 Å². The summed E-state index contributed by atoms with van der Waals surface area (Å²) >= 11 is 0. The molecule has 0 aromatic heterocycles. The molecule has 18 heavy (non-hydrogen) atoms. The van der Waals surface area contributed by atoms with Crippen molar-refractivity contribution in [3.05, 3.63) is 11.8 Å². The number of aliphatic hydroxyl groups excluding tert-OH is 3. The van der Waals surface area contributed by atoms with Crippen LogP contribution >= 0.6 is 0 Å². The standard InChI is InChI=1S/C6H10O3.2C3H8O.Y/c1-3-9-6(8)4-5(2)7;2*1-2-3-4;/h4,7H,3H2,1-2H3;2*4H,2-3H2,1H3;/p+1. The number of allylic oxidation sites excluding steroid dienone is 1. The first kappa shape index (κ1) is 26.6. The summed E-state index contributed by atoms with van der Waals surface area (Å²) in [5.41, 5.74) is 0. The van der Waals surface area contributed by atoms with Gasteiger partial charge < -0.3 is 24.9 Å². The second-order valence-corrected chi connectivity index (χ2v) is 3.00. The van der Waals surface area contributed by atoms with E-state index in [1.807, 2.05) is 13.8 Å². The van der Waals surface area contributed by atoms with E-state index < -0.39 is 0 Å². The molecule has 0 aromatic carbocycles. The van der Waals surface area contributed by atoms with Crippen molar-refractivity contribution >= 4 is 5.97 Å². The van der Waals surface area contributed by atoms with E-state index in [0.29, 0.717) is 19.8 Å². The quantitative estimate of drug-likeness (QED) is 0.315. The number of hydrogen-bond donors (Lipinski definition) is 3. The van der Waals surface area contributed by atoms with Crippen LogP contribution in [0, 0.1) is 0 Å². The van der Waals surface area contributed by atoms with Crippen molar-refractivity contribution in [1.29, 1.82) is 0 Å². The Labute approximate surface area is 135 Å². The number of rotatable bonds is 4. The van der Waals surface area contributed by atoms with Gasteiger partial charge in [-0.25, -0.2) is 0 Å². The van der Waals surface area contributed by atoms with Crippen molar-refractivity contribution in [2.75, 3.05) is 19.8 Å². The zero-order valence-electron chi connectivity index (χ0n) is 11.9. The number of hydrogen-bond acceptors (Lipinski definition) is 4. The van der Waals surface area contributed by atoms with E-state index in [1.54, 1.807) is 6.92 Å². The molecule has 0 fully saturated rings. The van der Waals surface area contributed by atoms with Gasteiger partial charge in [0, 0.05) is 45.9 Å². The summed E-state index contributed by atoms with van der Waals surface area (Å²) in [6.07, 6.45) is 2.89. The van der Waals surface area contributed by atoms with Crippen LogP contribution in [-0.4, -0.2) is 45.9 Å². The van der Waals surface area contributed by atoms with Crippen molar-refractivity contribution in [3.63, 3.8) is 0 Å². The van der Waals surface area contributed by atoms with Crippen LogP contribution in [0.15, 0.2) is 11.8 Å². The molecular weight excluding hydrogens is 313 g/mol. The third-order valence-corrected chi connectivity index (χ3v) is 1.07. The van der Waals surface area contributed by atoms with E-state index in [2.05, 4.69) is 4.74 Å². The van der Waals surface area contributed by atoms with Gasteiger partial charge in [-0.2, -0.15) is 0 Å². The van der Waals surface area contributed by atoms with E-state index in [1.165, 1.54) is 6.92 Å². The maximum Gasteiger partial charge on any atom is 0.513 e. The number of ether oxygens (including phenoxy) is 1. The Morgan fingerprint density at radius 1 is 1.11 bits per heavy atom. The molecule has 0 aliphatic carbocycles. The van der Waals surface area contributed by atoms with Crippen LogP contribution in [0.1, 0.15) is 40.5 Å². The van der Waals surface area contributed by atoms with Crippen molar-refractivity contribution in [1.82, 2.24) is 0 Å². The Balaban J connectivity index is -0.0000000922. The molecule has 0 aliphatic rings. The van der Waals surface area contributed by atoms with Crippen molar-refractivity contribution in [2.24, 2.45) is 0 Å². The van der Waals surface area contributed by atoms with E-state index in [-0.39, 0.29) is 44.4 Å². The van der Waals surface area contributed by atoms with Crippen LogP contribution in [0.2, 0.25) is 0 Å². The molecule has 1 radical (unpaired) electrons. The fourth-order valence-corrected chi connectivity index (χ4v) is 0.368. The van der Waals surface area contributed by atoms with Crippen LogP contribution in [-0.2, 0) is 37.4 Å². The zero-order valence-corrected chi connectivity index (χ0v) is 14.7. The third-order valence-electron chi connectivity index (χ3n) is 1.07. The fourth-order valence-electron chi connectivity index (χ4n) is 0.368. The largest absolute Gasteiger partial charge is 0.513 e. The molecule has 0 bridgehead atoms. The molecule has 0 spiro atoms. The molecule has 6 heteroatoms. The Morgan fingerprint density at radius 3 is 1.61 bits per heavy atom. The number of aliphatic hydroxyl groups is 3. The predicted octanol–water partition coefficient (Wildman–Crippen LogP) is 1.76. The number of esters is 1. The Kier molecular flexibility index (Phi) is 38.0. The predicted molar refractivity (Wildman–Crippen MR) is 69.7 cm³/mol. The fraction of sp³-hybridized carbons (Fsp3) is 0.750. The SMILES string of the molecule is CCCO.CCCO.CCOC(=[OH+])C=C(C)O.[Y]. The van der Waals surface area contributed by atoms with Gasteiger partial charge in [0.25, 0.3) is 0 Å². The molecule has 0 amide bonds. The molecule has 0 saturated heterocycles. The first-order valence-corrected chi connectivity index (χ1v) is 5.77. The van der Waals surface area contributed by atoms with Crippen LogP contribution in [0.5, 0.6) is 0 Å². The normalized spacial score (nSPS) is 8.89. The second-order valence-electron chi connectivity index (χ2n) is 3.00. The van der Waals surface area contributed by atoms with Crippen LogP contribution in [0.3, 0.4) is 0 Å². The Bertz CT molecular complexity index is 171. The summed E-state index contributed by atoms with van der Waals surface area (Å²) in [6, 6.07) is 0. The van der Waals surface area contributed by atoms with E-state index in [0.717, 1.165) is 18.9 Å². The monoisotopic (exact) mass is 340 g/mol. The summed E-state index contributed by atoms with van der Waals surface area (Å²) in [4.78, 5) is 8.68. The molecule has 0 aliphatic heterocycles. The van der Waals surface area contributed by atoms with Gasteiger partial charge in [0.05, 0.1) is 0 Å². The van der Waals surface area contributed by atoms with Crippen molar-refractivity contribution in [3.8, 4) is 0 Å². The maximum absolute atomic E-state index is 8.68. The minimum Gasteiger partial charge on any atom is -0.512 e. The maximum atomic E-state index is 8.68. The smallest absolute Gasteiger partial charge is 0.512 e. The van der Waals surface area contributed by atoms with Crippen LogP contribution in [0.4, 0.5) is 0 Å². The molecule has 4 N–H and O–H groups in total. The molecule has 107 valence electrons. The summed E-state index contributed by atoms with van der Waals surface area (Å²) in [5.74, 6) is -0.224. The van der Waals surface area contributed by atoms with Gasteiger partial charge in [-0.05, 0) is 26.7 Å². The van der Waals surface area contributed by atoms with Crippen molar-refractivity contribution < 1.29 is 57.6 Å². The molecule has 0 heterocycles. The zero-order chi connectivity index (χ0) is 14.1. The number of carbonyl (C=O) groups excluding carboxylic acids is 1. The van der Waals surface area contributed by atoms with Crippen molar-refractivity contribution in [2.45, 2.75) is 40.5 Å². The van der Waals surface area contributed by atoms with E-state index in [9.17, 15) is 0 Å². The first-order valence-electron chi connectivity index (χ1n) is 5.77. The van der Waals surface area contributed by atoms with E-state index >= 15 is 0 Å². The average Bonchev–Trinajstić information content (AvgIpc) is 2.29. The topological polar surface area (TPSA) is 91.3 Å². The minimum absolute atomic E-state index is 0.